The van der Waals surface area contributed by atoms with Gasteiger partial charge in [0.05, 0.1) is 6.61 Å². The first kappa shape index (κ1) is 13.4. The summed E-state index contributed by atoms with van der Waals surface area (Å²) in [5, 5.41) is 0.393. The van der Waals surface area contributed by atoms with E-state index in [0.29, 0.717) is 17.4 Å². The number of hydrogen-bond donors (Lipinski definition) is 1. The van der Waals surface area contributed by atoms with E-state index in [-0.39, 0.29) is 11.0 Å². The molecule has 6 heteroatoms. The molecule has 1 aromatic rings. The summed E-state index contributed by atoms with van der Waals surface area (Å²) in [6.07, 6.45) is -0.200. The molecule has 2 unspecified atom stereocenters. The molecule has 0 heterocycles. The topological polar surface area (TPSA) is 55.8 Å². The lowest BCUT2D eigenvalue weighted by Gasteiger charge is -2.15. The number of halogens is 1. The van der Waals surface area contributed by atoms with E-state index in [1.807, 2.05) is 6.92 Å². The summed E-state index contributed by atoms with van der Waals surface area (Å²) in [4.78, 5) is 0.162. The Labute approximate surface area is 102 Å². The molecule has 2 atom stereocenters. The Kier molecular flexibility index (Phi) is 5.21. The average molecular weight is 265 g/mol. The fourth-order valence-electron chi connectivity index (χ4n) is 1.20. The van der Waals surface area contributed by atoms with Crippen molar-refractivity contribution in [2.75, 3.05) is 13.7 Å². The van der Waals surface area contributed by atoms with Gasteiger partial charge in [-0.25, -0.2) is 4.21 Å². The van der Waals surface area contributed by atoms with Crippen LogP contribution in [0.5, 0.6) is 5.75 Å². The molecule has 1 rings (SSSR count). The van der Waals surface area contributed by atoms with E-state index in [9.17, 15) is 4.21 Å². The Morgan fingerprint density at radius 3 is 2.81 bits per heavy atom. The molecule has 0 amide bonds. The Bertz CT molecular complexity index is 383. The zero-order chi connectivity index (χ0) is 12.1. The van der Waals surface area contributed by atoms with Gasteiger partial charge in [0.2, 0.25) is 0 Å². The highest BCUT2D eigenvalue weighted by Crippen LogP contribution is 2.26. The second-order valence-corrected chi connectivity index (χ2v) is 4.60. The maximum atomic E-state index is 11.1. The van der Waals surface area contributed by atoms with Crippen LogP contribution in [-0.2, 0) is 15.8 Å². The van der Waals surface area contributed by atoms with Gasteiger partial charge in [-0.15, -0.1) is 0 Å². The zero-order valence-corrected chi connectivity index (χ0v) is 10.5. The van der Waals surface area contributed by atoms with Gasteiger partial charge in [0, 0.05) is 12.1 Å². The predicted molar refractivity (Wildman–Crippen MR) is 62.5 cm³/mol. The summed E-state index contributed by atoms with van der Waals surface area (Å²) in [6, 6.07) is 4.58. The van der Waals surface area contributed by atoms with E-state index >= 15 is 0 Å². The quantitative estimate of drug-likeness (QED) is 0.830. The summed E-state index contributed by atoms with van der Waals surface area (Å²) >= 11 is 3.61. The third-order valence-electron chi connectivity index (χ3n) is 1.82. The van der Waals surface area contributed by atoms with Crippen LogP contribution in [0.3, 0.4) is 0 Å². The lowest BCUT2D eigenvalue weighted by molar-refractivity contribution is 0.0901. The van der Waals surface area contributed by atoms with Crippen LogP contribution in [0.15, 0.2) is 23.1 Å². The van der Waals surface area contributed by atoms with Crippen molar-refractivity contribution >= 4 is 22.7 Å². The molecule has 0 radical (unpaired) electrons. The lowest BCUT2D eigenvalue weighted by atomic mass is 10.3. The van der Waals surface area contributed by atoms with Gasteiger partial charge in [0.1, 0.15) is 16.7 Å². The largest absolute Gasteiger partial charge is 0.487 e. The van der Waals surface area contributed by atoms with Gasteiger partial charge in [-0.3, -0.25) is 0 Å². The van der Waals surface area contributed by atoms with E-state index in [4.69, 9.17) is 25.6 Å². The first-order chi connectivity index (χ1) is 7.54. The smallest absolute Gasteiger partial charge is 0.190 e. The number of benzene rings is 1. The lowest BCUT2D eigenvalue weighted by Crippen LogP contribution is -2.18. The third-order valence-corrected chi connectivity index (χ3v) is 2.75. The minimum absolute atomic E-state index is 0.162. The zero-order valence-electron chi connectivity index (χ0n) is 8.97. The van der Waals surface area contributed by atoms with Gasteiger partial charge in [-0.2, -0.15) is 0 Å². The van der Waals surface area contributed by atoms with Crippen LogP contribution in [-0.4, -0.2) is 28.6 Å². The third kappa shape index (κ3) is 3.75. The minimum Gasteiger partial charge on any atom is -0.487 e. The van der Waals surface area contributed by atoms with Crippen molar-refractivity contribution in [3.63, 3.8) is 0 Å². The predicted octanol–water partition coefficient (Wildman–Crippen LogP) is 2.33. The maximum absolute atomic E-state index is 11.1. The fourth-order valence-corrected chi connectivity index (χ4v) is 1.95. The van der Waals surface area contributed by atoms with Gasteiger partial charge in [0.25, 0.3) is 0 Å². The highest BCUT2D eigenvalue weighted by molar-refractivity contribution is 7.79. The van der Waals surface area contributed by atoms with Crippen LogP contribution >= 0.6 is 11.6 Å². The molecule has 0 aliphatic rings. The molecule has 0 aromatic heterocycles. The summed E-state index contributed by atoms with van der Waals surface area (Å²) in [5.74, 6) is 0.342. The van der Waals surface area contributed by atoms with Crippen molar-refractivity contribution in [1.29, 1.82) is 0 Å². The van der Waals surface area contributed by atoms with Crippen molar-refractivity contribution in [3.8, 4) is 5.75 Å². The molecule has 0 aliphatic carbocycles. The normalized spacial score (nSPS) is 14.5. The van der Waals surface area contributed by atoms with Gasteiger partial charge < -0.3 is 14.0 Å². The van der Waals surface area contributed by atoms with E-state index < -0.39 is 11.1 Å². The summed E-state index contributed by atoms with van der Waals surface area (Å²) < 4.78 is 30.5. The fraction of sp³-hybridized carbons (Fsp3) is 0.400. The molecule has 16 heavy (non-hydrogen) atoms. The summed E-state index contributed by atoms with van der Waals surface area (Å²) in [5.41, 5.74) is 0. The maximum Gasteiger partial charge on any atom is 0.190 e. The molecule has 0 saturated carbocycles. The van der Waals surface area contributed by atoms with Crippen LogP contribution in [0, 0.1) is 0 Å². The van der Waals surface area contributed by atoms with Gasteiger partial charge in [0.15, 0.2) is 11.1 Å². The second-order valence-electron chi connectivity index (χ2n) is 3.22. The van der Waals surface area contributed by atoms with Gasteiger partial charge >= 0.3 is 0 Å². The second kappa shape index (κ2) is 6.20. The molecule has 4 nitrogen and oxygen atoms in total. The number of hydrogen-bond acceptors (Lipinski definition) is 3. The molecule has 0 bridgehead atoms. The van der Waals surface area contributed by atoms with Crippen molar-refractivity contribution in [3.05, 3.63) is 23.2 Å². The first-order valence-corrected chi connectivity index (χ1v) is 6.09. The molecule has 1 N–H and O–H groups in total. The highest BCUT2D eigenvalue weighted by atomic mass is 35.5. The monoisotopic (exact) mass is 264 g/mol. The number of methoxy groups -OCH3 is 1. The van der Waals surface area contributed by atoms with Crippen molar-refractivity contribution in [2.24, 2.45) is 0 Å². The highest BCUT2D eigenvalue weighted by Gasteiger charge is 2.12. The molecule has 0 saturated heterocycles. The Morgan fingerprint density at radius 2 is 2.25 bits per heavy atom. The van der Waals surface area contributed by atoms with Gasteiger partial charge in [-0.05, 0) is 25.1 Å². The van der Waals surface area contributed by atoms with Gasteiger partial charge in [-0.1, -0.05) is 11.6 Å². The molecular weight excluding hydrogens is 252 g/mol. The number of rotatable bonds is 5. The average Bonchev–Trinajstić information content (AvgIpc) is 2.20. The van der Waals surface area contributed by atoms with E-state index in [1.165, 1.54) is 6.07 Å². The molecule has 0 spiro atoms. The molecule has 90 valence electrons. The first-order valence-electron chi connectivity index (χ1n) is 4.60. The minimum atomic E-state index is -2.12. The SMILES string of the molecule is COCC(C)Oc1ccc(Cl)cc1S(=O)O. The Morgan fingerprint density at radius 1 is 1.56 bits per heavy atom. The molecular formula is C10H13ClO4S. The van der Waals surface area contributed by atoms with Crippen LogP contribution in [0.25, 0.3) is 0 Å². The van der Waals surface area contributed by atoms with Crippen LogP contribution in [0.2, 0.25) is 5.02 Å². The standard InChI is InChI=1S/C10H13ClO4S/c1-7(6-14-2)15-9-4-3-8(11)5-10(9)16(12)13/h3-5,7H,6H2,1-2H3,(H,12,13). The van der Waals surface area contributed by atoms with Crippen LogP contribution < -0.4 is 4.74 Å². The van der Waals surface area contributed by atoms with E-state index in [2.05, 4.69) is 0 Å². The van der Waals surface area contributed by atoms with Crippen molar-refractivity contribution in [2.45, 2.75) is 17.9 Å². The molecule has 1 aromatic carbocycles. The van der Waals surface area contributed by atoms with Crippen LogP contribution in [0.4, 0.5) is 0 Å². The van der Waals surface area contributed by atoms with Crippen LogP contribution in [0.1, 0.15) is 6.92 Å². The number of ether oxygens (including phenoxy) is 2. The Hall–Kier alpha value is -0.620. The molecule has 0 aliphatic heterocycles. The molecule has 0 fully saturated rings. The Balaban J connectivity index is 2.90. The van der Waals surface area contributed by atoms with E-state index in [1.54, 1.807) is 19.2 Å². The van der Waals surface area contributed by atoms with E-state index in [0.717, 1.165) is 0 Å². The van der Waals surface area contributed by atoms with Crippen molar-refractivity contribution < 1.29 is 18.2 Å². The summed E-state index contributed by atoms with van der Waals surface area (Å²) in [6.45, 7) is 2.21. The van der Waals surface area contributed by atoms with Crippen molar-refractivity contribution in [1.82, 2.24) is 0 Å². The summed E-state index contributed by atoms with van der Waals surface area (Å²) in [7, 11) is 1.56.